The van der Waals surface area contributed by atoms with Gasteiger partial charge in [0.15, 0.2) is 11.5 Å². The summed E-state index contributed by atoms with van der Waals surface area (Å²) >= 11 is 12.1. The SMILES string of the molecule is CCOC(=O)C1=C(CC)NC(=O)NC1c1ccc(OC)c(OCc2ccc(Cl)c(Cl)c2)c1. The Kier molecular flexibility index (Phi) is 7.88. The highest BCUT2D eigenvalue weighted by atomic mass is 35.5. The second kappa shape index (κ2) is 10.6. The molecule has 170 valence electrons. The Morgan fingerprint density at radius 3 is 2.50 bits per heavy atom. The van der Waals surface area contributed by atoms with Crippen LogP contribution in [0.1, 0.15) is 37.4 Å². The molecular formula is C23H24Cl2N2O5. The molecule has 0 saturated heterocycles. The van der Waals surface area contributed by atoms with Crippen LogP contribution in [0.15, 0.2) is 47.7 Å². The minimum atomic E-state index is -0.698. The van der Waals surface area contributed by atoms with Crippen molar-refractivity contribution in [2.75, 3.05) is 13.7 Å². The Hall–Kier alpha value is -2.90. The monoisotopic (exact) mass is 478 g/mol. The lowest BCUT2D eigenvalue weighted by Crippen LogP contribution is -2.45. The van der Waals surface area contributed by atoms with E-state index >= 15 is 0 Å². The molecule has 1 aliphatic heterocycles. The van der Waals surface area contributed by atoms with Gasteiger partial charge in [-0.05, 0) is 48.7 Å². The zero-order valence-corrected chi connectivity index (χ0v) is 19.5. The largest absolute Gasteiger partial charge is 0.493 e. The fourth-order valence-electron chi connectivity index (χ4n) is 3.37. The molecule has 1 unspecified atom stereocenters. The minimum absolute atomic E-state index is 0.218. The molecule has 1 atom stereocenters. The number of esters is 1. The van der Waals surface area contributed by atoms with Gasteiger partial charge in [-0.3, -0.25) is 0 Å². The van der Waals surface area contributed by atoms with E-state index in [2.05, 4.69) is 10.6 Å². The van der Waals surface area contributed by atoms with Crippen LogP contribution in [0.4, 0.5) is 4.79 Å². The van der Waals surface area contributed by atoms with Crippen LogP contribution in [0.5, 0.6) is 11.5 Å². The summed E-state index contributed by atoms with van der Waals surface area (Å²) in [4.78, 5) is 24.9. The summed E-state index contributed by atoms with van der Waals surface area (Å²) in [5.41, 5.74) is 2.35. The van der Waals surface area contributed by atoms with Crippen LogP contribution >= 0.6 is 23.2 Å². The van der Waals surface area contributed by atoms with E-state index in [9.17, 15) is 9.59 Å². The maximum Gasteiger partial charge on any atom is 0.338 e. The van der Waals surface area contributed by atoms with Gasteiger partial charge in [-0.2, -0.15) is 0 Å². The maximum absolute atomic E-state index is 12.7. The highest BCUT2D eigenvalue weighted by molar-refractivity contribution is 6.42. The molecule has 0 spiro atoms. The van der Waals surface area contributed by atoms with Gasteiger partial charge in [0, 0.05) is 5.70 Å². The normalized spacial score (nSPS) is 15.7. The third kappa shape index (κ3) is 5.29. The van der Waals surface area contributed by atoms with Gasteiger partial charge in [0.05, 0.1) is 35.4 Å². The smallest absolute Gasteiger partial charge is 0.338 e. The number of carbonyl (C=O) groups is 2. The second-order valence-corrected chi connectivity index (χ2v) is 7.76. The first kappa shape index (κ1) is 23.8. The Labute approximate surface area is 196 Å². The number of allylic oxidation sites excluding steroid dienone is 1. The molecule has 2 aromatic carbocycles. The van der Waals surface area contributed by atoms with E-state index in [-0.39, 0.29) is 13.2 Å². The first-order valence-corrected chi connectivity index (χ1v) is 10.9. The van der Waals surface area contributed by atoms with Crippen LogP contribution < -0.4 is 20.1 Å². The number of amides is 2. The highest BCUT2D eigenvalue weighted by Gasteiger charge is 2.33. The van der Waals surface area contributed by atoms with E-state index < -0.39 is 18.0 Å². The summed E-state index contributed by atoms with van der Waals surface area (Å²) in [6.07, 6.45) is 0.467. The molecule has 1 heterocycles. The lowest BCUT2D eigenvalue weighted by molar-refractivity contribution is -0.139. The summed E-state index contributed by atoms with van der Waals surface area (Å²) < 4.78 is 16.6. The maximum atomic E-state index is 12.7. The molecule has 2 amide bonds. The van der Waals surface area contributed by atoms with Crippen molar-refractivity contribution in [2.24, 2.45) is 0 Å². The predicted octanol–water partition coefficient (Wildman–Crippen LogP) is 5.16. The van der Waals surface area contributed by atoms with Crippen molar-refractivity contribution in [3.63, 3.8) is 0 Å². The Morgan fingerprint density at radius 1 is 1.06 bits per heavy atom. The molecule has 0 bridgehead atoms. The molecule has 0 saturated carbocycles. The topological polar surface area (TPSA) is 85.9 Å². The molecular weight excluding hydrogens is 455 g/mol. The van der Waals surface area contributed by atoms with Gasteiger partial charge in [-0.25, -0.2) is 9.59 Å². The van der Waals surface area contributed by atoms with Crippen LogP contribution in [-0.2, 0) is 16.1 Å². The number of benzene rings is 2. The van der Waals surface area contributed by atoms with Gasteiger partial charge in [0.25, 0.3) is 0 Å². The average molecular weight is 479 g/mol. The predicted molar refractivity (Wildman–Crippen MR) is 122 cm³/mol. The molecule has 9 heteroatoms. The standard InChI is InChI=1S/C23H24Cl2N2O5/c1-4-17-20(22(28)31-5-2)21(27-23(29)26-17)14-7-9-18(30-3)19(11-14)32-12-13-6-8-15(24)16(25)10-13/h6-11,21H,4-5,12H2,1-3H3,(H2,26,27,29). The van der Waals surface area contributed by atoms with Crippen molar-refractivity contribution in [1.29, 1.82) is 0 Å². The Morgan fingerprint density at radius 2 is 1.84 bits per heavy atom. The van der Waals surface area contributed by atoms with E-state index in [4.69, 9.17) is 37.4 Å². The second-order valence-electron chi connectivity index (χ2n) is 6.95. The van der Waals surface area contributed by atoms with E-state index in [0.29, 0.717) is 44.8 Å². The van der Waals surface area contributed by atoms with Crippen LogP contribution in [0.3, 0.4) is 0 Å². The molecule has 2 aromatic rings. The van der Waals surface area contributed by atoms with Crippen LogP contribution in [0.25, 0.3) is 0 Å². The molecule has 2 N–H and O–H groups in total. The number of ether oxygens (including phenoxy) is 3. The summed E-state index contributed by atoms with van der Waals surface area (Å²) in [7, 11) is 1.53. The number of hydrogen-bond acceptors (Lipinski definition) is 5. The van der Waals surface area contributed by atoms with E-state index in [1.54, 1.807) is 37.3 Å². The highest BCUT2D eigenvalue weighted by Crippen LogP contribution is 2.35. The number of methoxy groups -OCH3 is 1. The molecule has 7 nitrogen and oxygen atoms in total. The van der Waals surface area contributed by atoms with Crippen molar-refractivity contribution in [3.05, 3.63) is 68.8 Å². The molecule has 32 heavy (non-hydrogen) atoms. The molecule has 0 fully saturated rings. The van der Waals surface area contributed by atoms with Gasteiger partial charge in [0.1, 0.15) is 6.61 Å². The van der Waals surface area contributed by atoms with Crippen LogP contribution in [0, 0.1) is 0 Å². The van der Waals surface area contributed by atoms with Crippen molar-refractivity contribution < 1.29 is 23.8 Å². The number of nitrogens with one attached hydrogen (secondary N) is 2. The zero-order chi connectivity index (χ0) is 23.3. The minimum Gasteiger partial charge on any atom is -0.493 e. The van der Waals surface area contributed by atoms with Gasteiger partial charge >= 0.3 is 12.0 Å². The fraction of sp³-hybridized carbons (Fsp3) is 0.304. The Bertz CT molecular complexity index is 1050. The van der Waals surface area contributed by atoms with Gasteiger partial charge < -0.3 is 24.8 Å². The molecule has 3 rings (SSSR count). The summed E-state index contributed by atoms with van der Waals surface area (Å²) in [5, 5.41) is 6.39. The number of urea groups is 1. The Balaban J connectivity index is 1.95. The first-order chi connectivity index (χ1) is 15.4. The zero-order valence-electron chi connectivity index (χ0n) is 18.0. The lowest BCUT2D eigenvalue weighted by atomic mass is 9.94. The fourth-order valence-corrected chi connectivity index (χ4v) is 3.69. The van der Waals surface area contributed by atoms with E-state index in [0.717, 1.165) is 5.56 Å². The quantitative estimate of drug-likeness (QED) is 0.511. The summed E-state index contributed by atoms with van der Waals surface area (Å²) in [6.45, 7) is 4.03. The average Bonchev–Trinajstić information content (AvgIpc) is 2.79. The molecule has 0 aromatic heterocycles. The number of rotatable bonds is 8. The van der Waals surface area contributed by atoms with Gasteiger partial charge in [-0.15, -0.1) is 0 Å². The first-order valence-electron chi connectivity index (χ1n) is 10.1. The molecule has 0 aliphatic carbocycles. The molecule has 0 radical (unpaired) electrons. The number of hydrogen-bond donors (Lipinski definition) is 2. The van der Waals surface area contributed by atoms with Crippen LogP contribution in [-0.4, -0.2) is 25.7 Å². The van der Waals surface area contributed by atoms with Crippen LogP contribution in [0.2, 0.25) is 10.0 Å². The van der Waals surface area contributed by atoms with E-state index in [1.807, 2.05) is 13.0 Å². The van der Waals surface area contributed by atoms with Gasteiger partial charge in [-0.1, -0.05) is 42.3 Å². The number of carbonyl (C=O) groups excluding carboxylic acids is 2. The van der Waals surface area contributed by atoms with E-state index in [1.165, 1.54) is 7.11 Å². The van der Waals surface area contributed by atoms with Crippen molar-refractivity contribution in [1.82, 2.24) is 10.6 Å². The summed E-state index contributed by atoms with van der Waals surface area (Å²) in [5.74, 6) is 0.465. The third-order valence-electron chi connectivity index (χ3n) is 4.90. The van der Waals surface area contributed by atoms with Crippen molar-refractivity contribution in [3.8, 4) is 11.5 Å². The van der Waals surface area contributed by atoms with Gasteiger partial charge in [0.2, 0.25) is 0 Å². The third-order valence-corrected chi connectivity index (χ3v) is 5.64. The van der Waals surface area contributed by atoms with Crippen molar-refractivity contribution >= 4 is 35.2 Å². The summed E-state index contributed by atoms with van der Waals surface area (Å²) in [6, 6.07) is 9.37. The molecule has 1 aliphatic rings. The number of halogens is 2. The van der Waals surface area contributed by atoms with Crippen molar-refractivity contribution in [2.45, 2.75) is 32.9 Å². The lowest BCUT2D eigenvalue weighted by Gasteiger charge is -2.29.